The van der Waals surface area contributed by atoms with E-state index in [2.05, 4.69) is 112 Å². The molecule has 2 N–H and O–H groups in total. The smallest absolute Gasteiger partial charge is 0.163 e. The minimum atomic E-state index is -0.318. The molecule has 0 spiro atoms. The fraction of sp³-hybridized carbons (Fsp3) is 0.0784. The Balaban J connectivity index is 1.55. The lowest BCUT2D eigenvalue weighted by Crippen LogP contribution is -2.39. The molecule has 5 aromatic rings. The van der Waals surface area contributed by atoms with Gasteiger partial charge in [0.05, 0.1) is 16.7 Å². The Morgan fingerprint density at radius 1 is 0.831 bits per heavy atom. The zero-order chi connectivity index (χ0) is 41.5. The van der Waals surface area contributed by atoms with Crippen molar-refractivity contribution in [2.24, 2.45) is 9.98 Å². The van der Waals surface area contributed by atoms with Crippen molar-refractivity contribution in [2.45, 2.75) is 26.8 Å². The van der Waals surface area contributed by atoms with Crippen molar-refractivity contribution in [1.82, 2.24) is 14.5 Å². The van der Waals surface area contributed by atoms with Crippen LogP contribution in [0.3, 0.4) is 0 Å². The van der Waals surface area contributed by atoms with Crippen LogP contribution in [0.5, 0.6) is 0 Å². The van der Waals surface area contributed by atoms with E-state index in [4.69, 9.17) is 10.4 Å². The Morgan fingerprint density at radius 2 is 1.49 bits per heavy atom. The number of anilines is 2. The molecule has 0 aliphatic carbocycles. The fourth-order valence-corrected chi connectivity index (χ4v) is 7.77. The average molecular weight is 771 g/mol. The molecule has 1 unspecified atom stereocenters. The number of aromatic nitrogens is 3. The summed E-state index contributed by atoms with van der Waals surface area (Å²) in [6, 6.07) is 20.8. The van der Waals surface area contributed by atoms with Crippen LogP contribution in [0.4, 0.5) is 17.2 Å². The second kappa shape index (κ2) is 17.6. The third-order valence-electron chi connectivity index (χ3n) is 10.4. The van der Waals surface area contributed by atoms with Crippen molar-refractivity contribution in [1.29, 1.82) is 5.41 Å². The molecular formula is C51H46N8. The summed E-state index contributed by atoms with van der Waals surface area (Å²) in [5.41, 5.74) is 12.4. The predicted molar refractivity (Wildman–Crippen MR) is 251 cm³/mol. The van der Waals surface area contributed by atoms with Crippen molar-refractivity contribution >= 4 is 59.3 Å². The predicted octanol–water partition coefficient (Wildman–Crippen LogP) is 10.6. The Hall–Kier alpha value is -7.71. The lowest BCUT2D eigenvalue weighted by molar-refractivity contribution is 1.00. The minimum absolute atomic E-state index is 0.318. The molecule has 2 aromatic carbocycles. The van der Waals surface area contributed by atoms with Gasteiger partial charge in [-0.05, 0) is 157 Å². The summed E-state index contributed by atoms with van der Waals surface area (Å²) < 4.78 is 2.22. The van der Waals surface area contributed by atoms with Gasteiger partial charge in [0.2, 0.25) is 0 Å². The van der Waals surface area contributed by atoms with Crippen molar-refractivity contribution < 1.29 is 0 Å². The number of nitrogens with one attached hydrogen (secondary N) is 2. The highest BCUT2D eigenvalue weighted by Gasteiger charge is 2.40. The van der Waals surface area contributed by atoms with Gasteiger partial charge in [0.1, 0.15) is 11.9 Å². The number of rotatable bonds is 13. The van der Waals surface area contributed by atoms with E-state index in [9.17, 15) is 0 Å². The number of aliphatic imine (C=N–C) groups is 2. The van der Waals surface area contributed by atoms with E-state index in [-0.39, 0.29) is 6.04 Å². The summed E-state index contributed by atoms with van der Waals surface area (Å²) in [5.74, 6) is 1.54. The van der Waals surface area contributed by atoms with Crippen LogP contribution in [0.2, 0.25) is 0 Å². The number of fused-ring (bicyclic) bond motifs is 2. The molecule has 5 heterocycles. The number of hydrogen-bond donors (Lipinski definition) is 2. The summed E-state index contributed by atoms with van der Waals surface area (Å²) >= 11 is 0. The van der Waals surface area contributed by atoms with Crippen LogP contribution in [-0.2, 0) is 0 Å². The van der Waals surface area contributed by atoms with Gasteiger partial charge in [0.15, 0.2) is 5.82 Å². The van der Waals surface area contributed by atoms with Gasteiger partial charge >= 0.3 is 0 Å². The normalized spacial score (nSPS) is 15.9. The molecule has 0 amide bonds. The highest BCUT2D eigenvalue weighted by molar-refractivity contribution is 6.15. The molecule has 0 bridgehead atoms. The Labute approximate surface area is 346 Å². The Kier molecular flexibility index (Phi) is 11.8. The number of pyridine rings is 2. The SMILES string of the molecule is C=C/C=c1\c(=C/C)c2c(n1-c1cc(-c3ccncc3)cc(-c3ccncc3)c1)N=C1C(N2)C(C=C)=C(/C=C\C)N1c1cc(/C(C=C)=C/C=N)cc(C(/C=C\N=C)=C/C)c1. The van der Waals surface area contributed by atoms with Crippen molar-refractivity contribution in [2.75, 3.05) is 10.2 Å². The van der Waals surface area contributed by atoms with Gasteiger partial charge in [-0.1, -0.05) is 56.2 Å². The fourth-order valence-electron chi connectivity index (χ4n) is 7.77. The van der Waals surface area contributed by atoms with Crippen LogP contribution in [0.25, 0.3) is 51.2 Å². The molecule has 0 fully saturated rings. The molecule has 0 saturated carbocycles. The van der Waals surface area contributed by atoms with Crippen LogP contribution in [0.1, 0.15) is 31.9 Å². The third-order valence-corrected chi connectivity index (χ3v) is 10.4. The maximum Gasteiger partial charge on any atom is 0.163 e. The van der Waals surface area contributed by atoms with Crippen molar-refractivity contribution in [3.8, 4) is 27.9 Å². The van der Waals surface area contributed by atoms with E-state index in [1.807, 2.05) is 99.4 Å². The summed E-state index contributed by atoms with van der Waals surface area (Å²) in [6.07, 6.45) is 29.8. The first-order valence-electron chi connectivity index (χ1n) is 19.4. The van der Waals surface area contributed by atoms with Gasteiger partial charge < -0.3 is 10.7 Å². The topological polar surface area (TPSA) is 94.5 Å². The van der Waals surface area contributed by atoms with E-state index in [1.165, 1.54) is 6.21 Å². The first kappa shape index (κ1) is 39.5. The quantitative estimate of drug-likeness (QED) is 0.0921. The van der Waals surface area contributed by atoms with Gasteiger partial charge in [-0.3, -0.25) is 24.4 Å². The van der Waals surface area contributed by atoms with E-state index in [1.54, 1.807) is 18.4 Å². The van der Waals surface area contributed by atoms with E-state index >= 15 is 0 Å². The third kappa shape index (κ3) is 7.47. The van der Waals surface area contributed by atoms with E-state index in [0.29, 0.717) is 0 Å². The zero-order valence-electron chi connectivity index (χ0n) is 33.6. The van der Waals surface area contributed by atoms with Gasteiger partial charge in [-0.15, -0.1) is 0 Å². The lowest BCUT2D eigenvalue weighted by Gasteiger charge is -2.28. The van der Waals surface area contributed by atoms with Crippen molar-refractivity contribution in [3.63, 3.8) is 0 Å². The molecule has 0 radical (unpaired) electrons. The van der Waals surface area contributed by atoms with Crippen LogP contribution in [0.15, 0.2) is 181 Å². The second-order valence-electron chi connectivity index (χ2n) is 13.7. The number of allylic oxidation sites excluding steroid dienone is 9. The monoisotopic (exact) mass is 770 g/mol. The maximum atomic E-state index is 7.90. The maximum absolute atomic E-state index is 7.90. The molecule has 0 saturated heterocycles. The highest BCUT2D eigenvalue weighted by Crippen LogP contribution is 2.42. The number of benzene rings is 2. The van der Waals surface area contributed by atoms with Crippen LogP contribution >= 0.6 is 0 Å². The standard InChI is InChI=1S/C51H46N8/c1-8-14-46-44(12-5)48-50(58(46)42-30-38(34(10-3)16-22-52)28-39(31-42)35(11-4)17-23-53-7)57-51-49(56-48)45(13-6)47(15-9-2)59(51)43-32-40(36-18-24-54-25-19-36)29-41(33-43)37-20-26-55-27-21-37/h8-33,48,52,56H,2-3,5,7H2,1,4,6H3/b14-8-,23-17-,34-16+,35-11+,45-13+,47-15+,52-22?. The summed E-state index contributed by atoms with van der Waals surface area (Å²) in [5, 5.41) is 13.8. The molecule has 7 rings (SSSR count). The Morgan fingerprint density at radius 3 is 2.03 bits per heavy atom. The largest absolute Gasteiger partial charge is 0.368 e. The summed E-state index contributed by atoms with van der Waals surface area (Å²) in [4.78, 5) is 20.4. The first-order valence-corrected chi connectivity index (χ1v) is 19.4. The Bertz CT molecular complexity index is 2750. The highest BCUT2D eigenvalue weighted by atomic mass is 15.3. The minimum Gasteiger partial charge on any atom is -0.368 e. The van der Waals surface area contributed by atoms with E-state index in [0.717, 1.165) is 95.1 Å². The van der Waals surface area contributed by atoms with Gasteiger partial charge in [-0.25, -0.2) is 4.99 Å². The number of nitrogens with zero attached hydrogens (tertiary/aromatic N) is 6. The molecule has 8 nitrogen and oxygen atoms in total. The molecule has 59 heavy (non-hydrogen) atoms. The van der Waals surface area contributed by atoms with Crippen LogP contribution < -0.4 is 20.8 Å². The zero-order valence-corrected chi connectivity index (χ0v) is 33.6. The van der Waals surface area contributed by atoms with Gasteiger partial charge in [-0.2, -0.15) is 0 Å². The number of hydrogen-bond acceptors (Lipinski definition) is 7. The van der Waals surface area contributed by atoms with Crippen LogP contribution in [0, 0.1) is 5.41 Å². The average Bonchev–Trinajstić information content (AvgIpc) is 3.75. The molecule has 8 heteroatoms. The molecule has 1 atom stereocenters. The number of amidine groups is 1. The molecular weight excluding hydrogens is 725 g/mol. The molecule has 2 aliphatic heterocycles. The van der Waals surface area contributed by atoms with Crippen molar-refractivity contribution in [3.05, 3.63) is 193 Å². The first-order chi connectivity index (χ1) is 28.9. The summed E-state index contributed by atoms with van der Waals surface area (Å²) in [7, 11) is 0. The molecule has 3 aromatic heterocycles. The van der Waals surface area contributed by atoms with Crippen LogP contribution in [-0.4, -0.2) is 39.3 Å². The van der Waals surface area contributed by atoms with E-state index < -0.39 is 0 Å². The summed E-state index contributed by atoms with van der Waals surface area (Å²) in [6.45, 7) is 22.2. The van der Waals surface area contributed by atoms with Gasteiger partial charge in [0.25, 0.3) is 0 Å². The second-order valence-corrected chi connectivity index (χ2v) is 13.7. The lowest BCUT2D eigenvalue weighted by atomic mass is 9.97. The molecule has 2 aliphatic rings. The van der Waals surface area contributed by atoms with Gasteiger partial charge in [0, 0.05) is 59.4 Å². The molecule has 290 valence electrons.